The second kappa shape index (κ2) is 140000. The van der Waals surface area contributed by atoms with Crippen LogP contribution in [0.5, 0.6) is 0 Å². The Hall–Kier alpha value is 0.0649. The molecule has 0 heterocycles. The lowest BCUT2D eigenvalue weighted by Gasteiger charge is -1.07. The molecule has 2 radical (unpaired) electrons. The van der Waals surface area contributed by atoms with Crippen LogP contribution in [0.25, 0.3) is 0 Å². The number of rotatable bonds is 0. The van der Waals surface area contributed by atoms with E-state index in [1.54, 1.807) is 0 Å². The highest BCUT2D eigenvalue weighted by Gasteiger charge is 0.984. The molecule has 66 valence electrons. The highest BCUT2D eigenvalue weighted by molar-refractivity contribution is 6.05. The van der Waals surface area contributed by atoms with E-state index in [9.17, 15) is 0 Å². The zero-order valence-corrected chi connectivity index (χ0v) is 9.58. The third-order valence-electron chi connectivity index (χ3n) is 0. The van der Waals surface area contributed by atoms with Gasteiger partial charge in [0.2, 0.25) is 0 Å². The summed E-state index contributed by atoms with van der Waals surface area (Å²) in [4.78, 5) is 0. The summed E-state index contributed by atoms with van der Waals surface area (Å²) in [6.45, 7) is 17.5. The fraction of sp³-hybridized carbons (Fsp3) is 1.00. The van der Waals surface area contributed by atoms with Gasteiger partial charge >= 0.3 is 0 Å². The first-order chi connectivity index (χ1) is 5.00. The number of hydrogen-bond acceptors (Lipinski definition) is 0. The lowest BCUT2D eigenvalue weighted by molar-refractivity contribution is 1.50. The number of hydrogen-bond donors (Lipinski definition) is 0. The van der Waals surface area contributed by atoms with Crippen molar-refractivity contribution in [2.24, 2.45) is 0 Å². The van der Waals surface area contributed by atoms with Crippen molar-refractivity contribution in [3.63, 3.8) is 0 Å². The Kier molecular flexibility index (Phi) is 451000. The second-order valence-electron chi connectivity index (χ2n) is 0. The molecular formula is C9H27B. The van der Waals surface area contributed by atoms with E-state index in [0.29, 0.717) is 0 Å². The van der Waals surface area contributed by atoms with Crippen LogP contribution in [0.2, 0.25) is 6.82 Å². The molecule has 0 aliphatic heterocycles. The highest BCUT2D eigenvalue weighted by atomic mass is 13.0. The van der Waals surface area contributed by atoms with Crippen LogP contribution < -0.4 is 0 Å². The highest BCUT2D eigenvalue weighted by Crippen LogP contribution is 1.15. The van der Waals surface area contributed by atoms with Gasteiger partial charge in [-0.3, -0.25) is 0 Å². The molecule has 0 fully saturated rings. The fourth-order valence-corrected chi connectivity index (χ4v) is 0. The quantitative estimate of drug-likeness (QED) is 0.447. The summed E-state index contributed by atoms with van der Waals surface area (Å²) in [5.41, 5.74) is 0. The van der Waals surface area contributed by atoms with E-state index in [4.69, 9.17) is 0 Å². The van der Waals surface area contributed by atoms with Gasteiger partial charge < -0.3 is 0 Å². The van der Waals surface area contributed by atoms with E-state index >= 15 is 0 Å². The Labute approximate surface area is 70.8 Å². The molecule has 0 nitrogen and oxygen atoms in total. The molecule has 0 N–H and O–H groups in total. The Balaban J connectivity index is -0.0000000104. The van der Waals surface area contributed by atoms with Gasteiger partial charge in [-0.1, -0.05) is 62.2 Å². The van der Waals surface area contributed by atoms with E-state index in [0.717, 1.165) is 0 Å². The first-order valence-corrected chi connectivity index (χ1v) is 4.58. The van der Waals surface area contributed by atoms with Crippen molar-refractivity contribution in [1.29, 1.82) is 0 Å². The third kappa shape index (κ3) is 95500. The average molecular weight is 146 g/mol. The monoisotopic (exact) mass is 146 g/mol. The third-order valence-corrected chi connectivity index (χ3v) is 0. The van der Waals surface area contributed by atoms with Crippen LogP contribution >= 0.6 is 0 Å². The first-order valence-electron chi connectivity index (χ1n) is 4.58. The second-order valence-corrected chi connectivity index (χ2v) is 0. The van der Waals surface area contributed by atoms with E-state index in [1.165, 1.54) is 6.82 Å². The summed E-state index contributed by atoms with van der Waals surface area (Å²) in [6, 6.07) is 0. The predicted molar refractivity (Wildman–Crippen MR) is 57.0 cm³/mol. The zero-order valence-electron chi connectivity index (χ0n) is 9.58. The molecule has 0 aliphatic rings. The summed E-state index contributed by atoms with van der Waals surface area (Å²) >= 11 is 0. The van der Waals surface area contributed by atoms with Gasteiger partial charge in [0, 0.05) is 0 Å². The predicted octanol–water partition coefficient (Wildman–Crippen LogP) is 4.31. The smallest absolute Gasteiger partial charge is 0.0606 e. The molecule has 0 aromatic heterocycles. The zero-order chi connectivity index (χ0) is 10.0. The van der Waals surface area contributed by atoms with Crippen LogP contribution in [-0.4, -0.2) is 7.85 Å². The van der Waals surface area contributed by atoms with Gasteiger partial charge in [-0.25, -0.2) is 0 Å². The maximum Gasteiger partial charge on any atom is 0.0606 e. The molecular weight excluding hydrogens is 119 g/mol. The van der Waals surface area contributed by atoms with Gasteiger partial charge in [0.25, 0.3) is 0 Å². The molecule has 0 spiro atoms. The van der Waals surface area contributed by atoms with E-state index in [1.807, 2.05) is 55.4 Å². The lowest BCUT2D eigenvalue weighted by Crippen LogP contribution is -1.13. The average Bonchev–Trinajstić information content (AvgIpc) is 2.20. The van der Waals surface area contributed by atoms with Gasteiger partial charge in [0.15, 0.2) is 0 Å². The molecule has 0 unspecified atom stereocenters. The normalized spacial score (nSPS) is 2.90. The first kappa shape index (κ1) is 32.2. The summed E-state index contributed by atoms with van der Waals surface area (Å²) in [5.74, 6) is 0. The van der Waals surface area contributed by atoms with Crippen LogP contribution in [0.3, 0.4) is 0 Å². The Morgan fingerprint density at radius 3 is 0.400 bits per heavy atom. The van der Waals surface area contributed by atoms with E-state index in [2.05, 4.69) is 7.85 Å². The van der Waals surface area contributed by atoms with E-state index < -0.39 is 0 Å². The van der Waals surface area contributed by atoms with Crippen LogP contribution in [0, 0.1) is 0 Å². The molecule has 0 rings (SSSR count). The van der Waals surface area contributed by atoms with Gasteiger partial charge in [-0.15, -0.1) is 0 Å². The standard InChI is InChI=1S/4C2H6.CH3B/c5*1-2/h4*1-2H3;1H3. The molecule has 0 bridgehead atoms. The van der Waals surface area contributed by atoms with Gasteiger partial charge in [-0.05, 0) is 0 Å². The summed E-state index contributed by atoms with van der Waals surface area (Å²) in [6.07, 6.45) is 0. The molecule has 10 heavy (non-hydrogen) atoms. The van der Waals surface area contributed by atoms with E-state index in [-0.39, 0.29) is 0 Å². The Morgan fingerprint density at radius 1 is 0.400 bits per heavy atom. The van der Waals surface area contributed by atoms with Crippen molar-refractivity contribution in [1.82, 2.24) is 0 Å². The molecule has 0 aromatic rings. The molecule has 0 aromatic carbocycles. The SMILES string of the molecule is CC.CC.CC.CC.[B]C. The minimum Gasteiger partial charge on any atom is -0.0999 e. The van der Waals surface area contributed by atoms with Crippen molar-refractivity contribution >= 4 is 7.85 Å². The van der Waals surface area contributed by atoms with Crippen molar-refractivity contribution in [3.05, 3.63) is 0 Å². The maximum absolute atomic E-state index is 4.50. The molecule has 1 heteroatoms. The summed E-state index contributed by atoms with van der Waals surface area (Å²) in [7, 11) is 4.50. The van der Waals surface area contributed by atoms with Crippen LogP contribution in [-0.2, 0) is 0 Å². The van der Waals surface area contributed by atoms with Crippen molar-refractivity contribution < 1.29 is 0 Å². The summed E-state index contributed by atoms with van der Waals surface area (Å²) in [5, 5.41) is 0. The van der Waals surface area contributed by atoms with Gasteiger partial charge in [0.1, 0.15) is 0 Å². The molecule has 0 amide bonds. The summed E-state index contributed by atoms with van der Waals surface area (Å²) < 4.78 is 0. The van der Waals surface area contributed by atoms with Crippen LogP contribution in [0.15, 0.2) is 0 Å². The maximum atomic E-state index is 4.50. The van der Waals surface area contributed by atoms with Crippen molar-refractivity contribution in [2.45, 2.75) is 62.2 Å². The van der Waals surface area contributed by atoms with Gasteiger partial charge in [0.05, 0.1) is 7.85 Å². The van der Waals surface area contributed by atoms with Crippen LogP contribution in [0.4, 0.5) is 0 Å². The minimum atomic E-state index is 1.50. The molecule has 0 saturated carbocycles. The topological polar surface area (TPSA) is 0 Å². The van der Waals surface area contributed by atoms with Crippen molar-refractivity contribution in [2.75, 3.05) is 0 Å². The minimum absolute atomic E-state index is 1.50. The Morgan fingerprint density at radius 2 is 0.400 bits per heavy atom. The lowest BCUT2D eigenvalue weighted by atomic mass is 10.2. The molecule has 0 saturated heterocycles. The van der Waals surface area contributed by atoms with Gasteiger partial charge in [-0.2, -0.15) is 0 Å². The molecule has 0 atom stereocenters. The fourth-order valence-electron chi connectivity index (χ4n) is 0. The largest absolute Gasteiger partial charge is 0.0999 e. The van der Waals surface area contributed by atoms with Crippen molar-refractivity contribution in [3.8, 4) is 0 Å². The molecule has 0 aliphatic carbocycles. The van der Waals surface area contributed by atoms with Crippen LogP contribution in [0.1, 0.15) is 55.4 Å². The Bertz CT molecular complexity index is 4.69.